The van der Waals surface area contributed by atoms with Crippen LogP contribution in [0.2, 0.25) is 0 Å². The molecular formula is C33H40N2O4. The second kappa shape index (κ2) is 15.0. The minimum absolute atomic E-state index is 0.0609. The molecule has 1 atom stereocenters. The molecule has 0 aliphatic heterocycles. The first-order valence-electron chi connectivity index (χ1n) is 14.1. The molecule has 0 aromatic heterocycles. The van der Waals surface area contributed by atoms with Gasteiger partial charge in [0, 0.05) is 25.4 Å². The Kier molecular flexibility index (Phi) is 10.8. The van der Waals surface area contributed by atoms with Gasteiger partial charge in [0.25, 0.3) is 0 Å². The second-order valence-electron chi connectivity index (χ2n) is 10.2. The van der Waals surface area contributed by atoms with E-state index in [9.17, 15) is 9.59 Å². The van der Waals surface area contributed by atoms with Crippen molar-refractivity contribution in [2.45, 2.75) is 70.0 Å². The van der Waals surface area contributed by atoms with Crippen LogP contribution < -0.4 is 14.8 Å². The number of benzene rings is 3. The fourth-order valence-corrected chi connectivity index (χ4v) is 5.14. The van der Waals surface area contributed by atoms with Gasteiger partial charge in [0.05, 0.1) is 13.7 Å². The topological polar surface area (TPSA) is 67.9 Å². The van der Waals surface area contributed by atoms with Crippen molar-refractivity contribution in [3.63, 3.8) is 0 Å². The molecular weight excluding hydrogens is 488 g/mol. The highest BCUT2D eigenvalue weighted by Gasteiger charge is 2.31. The molecule has 0 radical (unpaired) electrons. The van der Waals surface area contributed by atoms with E-state index in [0.717, 1.165) is 48.3 Å². The number of methoxy groups -OCH3 is 1. The number of rotatable bonds is 13. The fraction of sp³-hybridized carbons (Fsp3) is 0.394. The third kappa shape index (κ3) is 8.88. The molecule has 1 N–H and O–H groups in total. The van der Waals surface area contributed by atoms with E-state index in [1.807, 2.05) is 84.9 Å². The van der Waals surface area contributed by atoms with Gasteiger partial charge in [-0.2, -0.15) is 0 Å². The summed E-state index contributed by atoms with van der Waals surface area (Å²) in [6.07, 6.45) is 6.75. The van der Waals surface area contributed by atoms with Crippen LogP contribution in [-0.4, -0.2) is 42.5 Å². The average Bonchev–Trinajstić information content (AvgIpc) is 2.98. The van der Waals surface area contributed by atoms with E-state index in [0.29, 0.717) is 32.4 Å². The molecule has 6 nitrogen and oxygen atoms in total. The molecule has 0 unspecified atom stereocenters. The lowest BCUT2D eigenvalue weighted by Crippen LogP contribution is -2.52. The first-order valence-corrected chi connectivity index (χ1v) is 14.1. The van der Waals surface area contributed by atoms with Crippen LogP contribution in [0.3, 0.4) is 0 Å². The van der Waals surface area contributed by atoms with Crippen LogP contribution in [0, 0.1) is 0 Å². The van der Waals surface area contributed by atoms with Gasteiger partial charge in [-0.25, -0.2) is 0 Å². The van der Waals surface area contributed by atoms with Crippen molar-refractivity contribution in [2.75, 3.05) is 13.7 Å². The Balaban J connectivity index is 1.54. The molecule has 3 aromatic rings. The second-order valence-corrected chi connectivity index (χ2v) is 10.2. The molecule has 1 fully saturated rings. The number of nitrogens with one attached hydrogen (secondary N) is 1. The third-order valence-electron chi connectivity index (χ3n) is 7.26. The normalized spacial score (nSPS) is 14.3. The summed E-state index contributed by atoms with van der Waals surface area (Å²) in [5.41, 5.74) is 1.95. The zero-order valence-corrected chi connectivity index (χ0v) is 22.9. The largest absolute Gasteiger partial charge is 0.497 e. The summed E-state index contributed by atoms with van der Waals surface area (Å²) in [5, 5.41) is 3.29. The van der Waals surface area contributed by atoms with Gasteiger partial charge in [0.1, 0.15) is 17.5 Å². The number of hydrogen-bond donors (Lipinski definition) is 1. The van der Waals surface area contributed by atoms with E-state index in [2.05, 4.69) is 5.32 Å². The molecule has 206 valence electrons. The summed E-state index contributed by atoms with van der Waals surface area (Å²) in [6, 6.07) is 26.8. The molecule has 1 aliphatic rings. The van der Waals surface area contributed by atoms with E-state index >= 15 is 0 Å². The maximum absolute atomic E-state index is 13.8. The van der Waals surface area contributed by atoms with Gasteiger partial charge in [0.15, 0.2) is 0 Å². The van der Waals surface area contributed by atoms with Crippen LogP contribution in [0.1, 0.15) is 56.1 Å². The van der Waals surface area contributed by atoms with E-state index < -0.39 is 6.04 Å². The molecule has 3 aromatic carbocycles. The van der Waals surface area contributed by atoms with Crippen molar-refractivity contribution in [1.29, 1.82) is 0 Å². The van der Waals surface area contributed by atoms with Crippen molar-refractivity contribution in [1.82, 2.24) is 10.2 Å². The highest BCUT2D eigenvalue weighted by molar-refractivity contribution is 5.88. The number of hydrogen-bond acceptors (Lipinski definition) is 4. The molecule has 0 saturated heterocycles. The van der Waals surface area contributed by atoms with Crippen LogP contribution in [-0.2, 0) is 22.6 Å². The summed E-state index contributed by atoms with van der Waals surface area (Å²) >= 11 is 0. The standard InChI is InChI=1S/C33H40N2O4/c1-38-30-20-11-15-27(23-30)25-35(32(36)21-12-22-39-29-18-9-4-10-19-29)31(24-26-13-5-2-6-14-26)33(37)34-28-16-7-3-8-17-28/h2,4-6,9-11,13-15,18-20,23,28,31H,3,7-8,12,16-17,21-22,24-25H2,1H3,(H,34,37)/t31-/m1/s1. The van der Waals surface area contributed by atoms with Crippen LogP contribution in [0.15, 0.2) is 84.9 Å². The Morgan fingerprint density at radius 2 is 1.54 bits per heavy atom. The van der Waals surface area contributed by atoms with Crippen molar-refractivity contribution < 1.29 is 19.1 Å². The van der Waals surface area contributed by atoms with Crippen molar-refractivity contribution in [2.24, 2.45) is 0 Å². The maximum atomic E-state index is 13.8. The molecule has 1 saturated carbocycles. The Bertz CT molecular complexity index is 1160. The van der Waals surface area contributed by atoms with Gasteiger partial charge in [-0.3, -0.25) is 9.59 Å². The molecule has 6 heteroatoms. The fourth-order valence-electron chi connectivity index (χ4n) is 5.14. The molecule has 0 heterocycles. The zero-order chi connectivity index (χ0) is 27.3. The zero-order valence-electron chi connectivity index (χ0n) is 22.9. The SMILES string of the molecule is COc1cccc(CN(C(=O)CCCOc2ccccc2)[C@H](Cc2ccccc2)C(=O)NC2CCCCC2)c1. The molecule has 0 bridgehead atoms. The van der Waals surface area contributed by atoms with Crippen molar-refractivity contribution in [3.05, 3.63) is 96.1 Å². The monoisotopic (exact) mass is 528 g/mol. The predicted octanol–water partition coefficient (Wildman–Crippen LogP) is 5.94. The summed E-state index contributed by atoms with van der Waals surface area (Å²) in [4.78, 5) is 29.4. The van der Waals surface area contributed by atoms with E-state index in [4.69, 9.17) is 9.47 Å². The van der Waals surface area contributed by atoms with Crippen LogP contribution in [0.5, 0.6) is 11.5 Å². The van der Waals surface area contributed by atoms with E-state index in [1.54, 1.807) is 12.0 Å². The lowest BCUT2D eigenvalue weighted by atomic mass is 9.94. The third-order valence-corrected chi connectivity index (χ3v) is 7.26. The number of carbonyl (C=O) groups is 2. The number of ether oxygens (including phenoxy) is 2. The van der Waals surface area contributed by atoms with Gasteiger partial charge in [-0.15, -0.1) is 0 Å². The number of para-hydroxylation sites is 1. The molecule has 2 amide bonds. The molecule has 0 spiro atoms. The lowest BCUT2D eigenvalue weighted by Gasteiger charge is -2.33. The van der Waals surface area contributed by atoms with Crippen molar-refractivity contribution in [3.8, 4) is 11.5 Å². The quantitative estimate of drug-likeness (QED) is 0.279. The summed E-state index contributed by atoms with van der Waals surface area (Å²) in [6.45, 7) is 0.755. The van der Waals surface area contributed by atoms with Gasteiger partial charge in [-0.1, -0.05) is 79.9 Å². The van der Waals surface area contributed by atoms with Gasteiger partial charge in [0.2, 0.25) is 11.8 Å². The first-order chi connectivity index (χ1) is 19.1. The van der Waals surface area contributed by atoms with E-state index in [1.165, 1.54) is 6.42 Å². The summed E-state index contributed by atoms with van der Waals surface area (Å²) < 4.78 is 11.2. The summed E-state index contributed by atoms with van der Waals surface area (Å²) in [7, 11) is 1.63. The minimum atomic E-state index is -0.622. The van der Waals surface area contributed by atoms with Crippen molar-refractivity contribution >= 4 is 11.8 Å². The Hall–Kier alpha value is -3.80. The Morgan fingerprint density at radius 3 is 2.26 bits per heavy atom. The smallest absolute Gasteiger partial charge is 0.243 e. The minimum Gasteiger partial charge on any atom is -0.497 e. The number of carbonyl (C=O) groups excluding carboxylic acids is 2. The Morgan fingerprint density at radius 1 is 0.872 bits per heavy atom. The van der Waals surface area contributed by atoms with E-state index in [-0.39, 0.29) is 17.9 Å². The van der Waals surface area contributed by atoms with Crippen LogP contribution >= 0.6 is 0 Å². The predicted molar refractivity (Wildman–Crippen MR) is 154 cm³/mol. The average molecular weight is 529 g/mol. The molecule has 4 rings (SSSR count). The first kappa shape index (κ1) is 28.2. The number of nitrogens with zero attached hydrogens (tertiary/aromatic N) is 1. The molecule has 39 heavy (non-hydrogen) atoms. The van der Waals surface area contributed by atoms with Gasteiger partial charge in [-0.05, 0) is 54.7 Å². The van der Waals surface area contributed by atoms with Crippen LogP contribution in [0.4, 0.5) is 0 Å². The highest BCUT2D eigenvalue weighted by atomic mass is 16.5. The van der Waals surface area contributed by atoms with Gasteiger partial charge < -0.3 is 19.7 Å². The molecule has 1 aliphatic carbocycles. The Labute approximate surface area is 232 Å². The maximum Gasteiger partial charge on any atom is 0.243 e. The van der Waals surface area contributed by atoms with Gasteiger partial charge >= 0.3 is 0 Å². The number of amides is 2. The van der Waals surface area contributed by atoms with Crippen LogP contribution in [0.25, 0.3) is 0 Å². The lowest BCUT2D eigenvalue weighted by molar-refractivity contribution is -0.141. The highest BCUT2D eigenvalue weighted by Crippen LogP contribution is 2.22. The summed E-state index contributed by atoms with van der Waals surface area (Å²) in [5.74, 6) is 1.37.